The van der Waals surface area contributed by atoms with Gasteiger partial charge in [-0.05, 0) is 74.3 Å². The van der Waals surface area contributed by atoms with Crippen molar-refractivity contribution in [1.82, 2.24) is 9.80 Å². The number of aliphatic hydroxyl groups excluding tert-OH is 1. The van der Waals surface area contributed by atoms with E-state index in [9.17, 15) is 9.90 Å². The van der Waals surface area contributed by atoms with Crippen molar-refractivity contribution in [3.05, 3.63) is 40.4 Å². The molecule has 166 valence electrons. The zero-order chi connectivity index (χ0) is 21.9. The molecule has 1 heterocycles. The number of hydrogen-bond acceptors (Lipinski definition) is 4. The Hall–Kier alpha value is -1.56. The molecule has 1 amide bonds. The molecule has 0 saturated carbocycles. The van der Waals surface area contributed by atoms with Crippen LogP contribution in [-0.2, 0) is 4.74 Å². The highest BCUT2D eigenvalue weighted by Crippen LogP contribution is 2.43. The minimum absolute atomic E-state index is 0.0972. The van der Waals surface area contributed by atoms with Crippen LogP contribution in [0.25, 0.3) is 5.57 Å². The number of benzene rings is 1. The average Bonchev–Trinajstić information content (AvgIpc) is 2.68. The minimum atomic E-state index is -0.460. The smallest absolute Gasteiger partial charge is 0.410 e. The van der Waals surface area contributed by atoms with Gasteiger partial charge in [-0.1, -0.05) is 30.7 Å². The van der Waals surface area contributed by atoms with Crippen LogP contribution in [0.3, 0.4) is 0 Å². The fraction of sp³-hybridized carbons (Fsp3) is 0.625. The van der Waals surface area contributed by atoms with Crippen molar-refractivity contribution >= 4 is 23.3 Å². The molecular formula is C24H35ClN2O3. The lowest BCUT2D eigenvalue weighted by Gasteiger charge is -2.43. The van der Waals surface area contributed by atoms with E-state index in [1.807, 2.05) is 49.9 Å². The number of carbonyl (C=O) groups is 1. The Morgan fingerprint density at radius 1 is 1.17 bits per heavy atom. The van der Waals surface area contributed by atoms with Gasteiger partial charge in [0.1, 0.15) is 5.60 Å². The Bertz CT molecular complexity index is 777. The molecule has 0 radical (unpaired) electrons. The number of hydrogen-bond donors (Lipinski definition) is 1. The lowest BCUT2D eigenvalue weighted by Crippen LogP contribution is -2.52. The molecule has 0 aromatic heterocycles. The van der Waals surface area contributed by atoms with Crippen LogP contribution in [0.5, 0.6) is 0 Å². The molecule has 1 fully saturated rings. The predicted octanol–water partition coefficient (Wildman–Crippen LogP) is 4.83. The molecule has 2 aliphatic rings. The van der Waals surface area contributed by atoms with Crippen LogP contribution < -0.4 is 0 Å². The Balaban J connectivity index is 1.59. The normalized spacial score (nSPS) is 23.6. The van der Waals surface area contributed by atoms with E-state index in [0.717, 1.165) is 55.1 Å². The molecule has 1 N–H and O–H groups in total. The Kier molecular flexibility index (Phi) is 7.16. The van der Waals surface area contributed by atoms with E-state index in [4.69, 9.17) is 16.3 Å². The molecule has 5 nitrogen and oxygen atoms in total. The molecule has 6 heteroatoms. The fourth-order valence-electron chi connectivity index (χ4n) is 4.55. The van der Waals surface area contributed by atoms with Gasteiger partial charge in [0.2, 0.25) is 0 Å². The summed E-state index contributed by atoms with van der Waals surface area (Å²) in [6.45, 7) is 12.2. The molecule has 0 unspecified atom stereocenters. The van der Waals surface area contributed by atoms with Gasteiger partial charge in [-0.3, -0.25) is 4.90 Å². The highest BCUT2D eigenvalue weighted by Gasteiger charge is 2.35. The molecule has 3 rings (SSSR count). The van der Waals surface area contributed by atoms with Gasteiger partial charge in [0.05, 0.1) is 6.61 Å². The quantitative estimate of drug-likeness (QED) is 0.737. The average molecular weight is 435 g/mol. The van der Waals surface area contributed by atoms with Crippen molar-refractivity contribution in [3.63, 3.8) is 0 Å². The number of halogens is 1. The molecule has 1 saturated heterocycles. The summed E-state index contributed by atoms with van der Waals surface area (Å²) in [7, 11) is 0. The van der Waals surface area contributed by atoms with E-state index in [-0.39, 0.29) is 18.1 Å². The Morgan fingerprint density at radius 2 is 1.80 bits per heavy atom. The predicted molar refractivity (Wildman–Crippen MR) is 122 cm³/mol. The first-order chi connectivity index (χ1) is 14.1. The molecule has 1 atom stereocenters. The van der Waals surface area contributed by atoms with E-state index in [2.05, 4.69) is 11.8 Å². The second kappa shape index (κ2) is 9.29. The van der Waals surface area contributed by atoms with E-state index in [1.165, 1.54) is 5.57 Å². The molecule has 0 bridgehead atoms. The van der Waals surface area contributed by atoms with Crippen LogP contribution in [0.1, 0.15) is 52.5 Å². The van der Waals surface area contributed by atoms with Gasteiger partial charge in [-0.15, -0.1) is 0 Å². The van der Waals surface area contributed by atoms with Gasteiger partial charge in [-0.2, -0.15) is 0 Å². The maximum absolute atomic E-state index is 12.3. The minimum Gasteiger partial charge on any atom is -0.444 e. The second-order valence-corrected chi connectivity index (χ2v) is 10.4. The fourth-order valence-corrected chi connectivity index (χ4v) is 4.68. The SMILES string of the molecule is CC(C)(C)OC(=O)N1CCN(C[C@]2(C)CCC(c3ccc(Cl)cc3)=C(CO)C2)CC1. The third-order valence-electron chi connectivity index (χ3n) is 6.06. The lowest BCUT2D eigenvalue weighted by molar-refractivity contribution is 0.0104. The number of allylic oxidation sites excluding steroid dienone is 1. The molecule has 30 heavy (non-hydrogen) atoms. The Morgan fingerprint density at radius 3 is 2.37 bits per heavy atom. The highest BCUT2D eigenvalue weighted by atomic mass is 35.5. The van der Waals surface area contributed by atoms with Gasteiger partial charge >= 0.3 is 6.09 Å². The topological polar surface area (TPSA) is 53.0 Å². The third-order valence-corrected chi connectivity index (χ3v) is 6.31. The first-order valence-corrected chi connectivity index (χ1v) is 11.2. The van der Waals surface area contributed by atoms with Crippen LogP contribution >= 0.6 is 11.6 Å². The summed E-state index contributed by atoms with van der Waals surface area (Å²) < 4.78 is 5.50. The molecule has 1 aromatic carbocycles. The van der Waals surface area contributed by atoms with Gasteiger partial charge in [0, 0.05) is 37.7 Å². The summed E-state index contributed by atoms with van der Waals surface area (Å²) in [4.78, 5) is 16.5. The number of carbonyl (C=O) groups excluding carboxylic acids is 1. The standard InChI is InChI=1S/C24H35ClN2O3/c1-23(2,3)30-22(29)27-13-11-26(12-14-27)17-24(4)10-9-21(19(15-24)16-28)18-5-7-20(25)8-6-18/h5-8,28H,9-17H2,1-4H3/t24-/m1/s1. The molecule has 1 aliphatic carbocycles. The van der Waals surface area contributed by atoms with Crippen molar-refractivity contribution in [2.75, 3.05) is 39.3 Å². The molecule has 1 aromatic rings. The summed E-state index contributed by atoms with van der Waals surface area (Å²) in [5.74, 6) is 0. The van der Waals surface area contributed by atoms with Crippen LogP contribution in [-0.4, -0.2) is 65.9 Å². The number of rotatable bonds is 4. The number of amides is 1. The number of aliphatic hydroxyl groups is 1. The van der Waals surface area contributed by atoms with Gasteiger partial charge in [-0.25, -0.2) is 4.79 Å². The van der Waals surface area contributed by atoms with Crippen molar-refractivity contribution in [2.24, 2.45) is 5.41 Å². The van der Waals surface area contributed by atoms with Crippen molar-refractivity contribution < 1.29 is 14.6 Å². The largest absolute Gasteiger partial charge is 0.444 e. The van der Waals surface area contributed by atoms with Gasteiger partial charge < -0.3 is 14.7 Å². The highest BCUT2D eigenvalue weighted by molar-refractivity contribution is 6.30. The van der Waals surface area contributed by atoms with Crippen LogP contribution in [0, 0.1) is 5.41 Å². The van der Waals surface area contributed by atoms with E-state index < -0.39 is 5.60 Å². The van der Waals surface area contributed by atoms with Crippen LogP contribution in [0.2, 0.25) is 5.02 Å². The Labute approximate surface area is 185 Å². The third kappa shape index (κ3) is 5.99. The van der Waals surface area contributed by atoms with E-state index in [0.29, 0.717) is 13.1 Å². The zero-order valence-electron chi connectivity index (χ0n) is 18.7. The summed E-state index contributed by atoms with van der Waals surface area (Å²) in [6.07, 6.45) is 2.73. The summed E-state index contributed by atoms with van der Waals surface area (Å²) in [6, 6.07) is 7.92. The second-order valence-electron chi connectivity index (χ2n) is 9.98. The number of nitrogens with zero attached hydrogens (tertiary/aromatic N) is 2. The molecular weight excluding hydrogens is 400 g/mol. The van der Waals surface area contributed by atoms with Gasteiger partial charge in [0.15, 0.2) is 0 Å². The molecule has 0 spiro atoms. The lowest BCUT2D eigenvalue weighted by atomic mass is 9.71. The van der Waals surface area contributed by atoms with Crippen molar-refractivity contribution in [3.8, 4) is 0 Å². The number of ether oxygens (including phenoxy) is 1. The number of piperazine rings is 1. The summed E-state index contributed by atoms with van der Waals surface area (Å²) in [5.41, 5.74) is 3.23. The summed E-state index contributed by atoms with van der Waals surface area (Å²) >= 11 is 6.03. The maximum Gasteiger partial charge on any atom is 0.410 e. The first kappa shape index (κ1) is 23.1. The van der Waals surface area contributed by atoms with Crippen LogP contribution in [0.4, 0.5) is 4.79 Å². The van der Waals surface area contributed by atoms with Crippen molar-refractivity contribution in [1.29, 1.82) is 0 Å². The van der Waals surface area contributed by atoms with Gasteiger partial charge in [0.25, 0.3) is 0 Å². The van der Waals surface area contributed by atoms with Crippen LogP contribution in [0.15, 0.2) is 29.8 Å². The monoisotopic (exact) mass is 434 g/mol. The van der Waals surface area contributed by atoms with E-state index in [1.54, 1.807) is 0 Å². The first-order valence-electron chi connectivity index (χ1n) is 10.9. The summed E-state index contributed by atoms with van der Waals surface area (Å²) in [5, 5.41) is 10.8. The van der Waals surface area contributed by atoms with E-state index >= 15 is 0 Å². The molecule has 1 aliphatic heterocycles. The maximum atomic E-state index is 12.3. The zero-order valence-corrected chi connectivity index (χ0v) is 19.5. The van der Waals surface area contributed by atoms with Crippen molar-refractivity contribution in [2.45, 2.75) is 52.6 Å².